The van der Waals surface area contributed by atoms with Gasteiger partial charge in [-0.2, -0.15) is 4.98 Å². The Balaban J connectivity index is 1.55. The molecule has 0 fully saturated rings. The molecule has 0 radical (unpaired) electrons. The third kappa shape index (κ3) is 4.63. The van der Waals surface area contributed by atoms with Gasteiger partial charge in [-0.3, -0.25) is 4.79 Å². The van der Waals surface area contributed by atoms with Crippen molar-refractivity contribution in [3.05, 3.63) is 46.0 Å². The molecule has 1 aliphatic rings. The molecule has 0 bridgehead atoms. The number of para-hydroxylation sites is 2. The fourth-order valence-corrected chi connectivity index (χ4v) is 3.48. The van der Waals surface area contributed by atoms with Crippen molar-refractivity contribution in [2.45, 2.75) is 18.1 Å². The first-order valence-corrected chi connectivity index (χ1v) is 9.43. The Morgan fingerprint density at radius 1 is 1.36 bits per heavy atom. The summed E-state index contributed by atoms with van der Waals surface area (Å²) in [6, 6.07) is 7.31. The summed E-state index contributed by atoms with van der Waals surface area (Å²) in [5.74, 6) is 0.364. The minimum atomic E-state index is -0.629. The number of amides is 1. The van der Waals surface area contributed by atoms with Gasteiger partial charge in [-0.25, -0.2) is 9.59 Å². The second-order valence-corrected chi connectivity index (χ2v) is 6.89. The van der Waals surface area contributed by atoms with Crippen molar-refractivity contribution >= 4 is 23.6 Å². The summed E-state index contributed by atoms with van der Waals surface area (Å²) in [5.41, 5.74) is -0.124. The molecule has 3 rings (SSSR count). The summed E-state index contributed by atoms with van der Waals surface area (Å²) in [6.45, 7) is 2.16. The Bertz CT molecular complexity index is 945. The van der Waals surface area contributed by atoms with E-state index >= 15 is 0 Å². The number of rotatable bonds is 6. The van der Waals surface area contributed by atoms with Crippen LogP contribution in [0.3, 0.4) is 0 Å². The van der Waals surface area contributed by atoms with Gasteiger partial charge in [0.05, 0.1) is 19.4 Å². The Morgan fingerprint density at radius 3 is 2.86 bits per heavy atom. The molecule has 148 valence electrons. The average Bonchev–Trinajstić information content (AvgIpc) is 2.69. The number of esters is 1. The number of hydrogen-bond acceptors (Lipinski definition) is 8. The van der Waals surface area contributed by atoms with E-state index in [-0.39, 0.29) is 34.9 Å². The molecular weight excluding hydrogens is 386 g/mol. The van der Waals surface area contributed by atoms with Crippen LogP contribution < -0.4 is 20.5 Å². The number of benzene rings is 1. The molecule has 0 aliphatic carbocycles. The highest BCUT2D eigenvalue weighted by atomic mass is 32.2. The second kappa shape index (κ2) is 8.79. The normalized spacial score (nSPS) is 15.0. The van der Waals surface area contributed by atoms with Gasteiger partial charge in [0, 0.05) is 5.69 Å². The van der Waals surface area contributed by atoms with Crippen LogP contribution in [0.4, 0.5) is 0 Å². The number of carbonyl (C=O) groups excluding carboxylic acids is 2. The monoisotopic (exact) mass is 405 g/mol. The van der Waals surface area contributed by atoms with E-state index in [1.54, 1.807) is 13.0 Å². The first-order valence-electron chi connectivity index (χ1n) is 8.45. The van der Waals surface area contributed by atoms with Crippen LogP contribution in [0, 0.1) is 6.92 Å². The third-order valence-electron chi connectivity index (χ3n) is 3.91. The van der Waals surface area contributed by atoms with E-state index in [9.17, 15) is 14.4 Å². The third-order valence-corrected chi connectivity index (χ3v) is 4.89. The van der Waals surface area contributed by atoms with E-state index in [4.69, 9.17) is 14.2 Å². The smallest absolute Gasteiger partial charge is 0.346 e. The van der Waals surface area contributed by atoms with E-state index in [1.165, 1.54) is 7.11 Å². The van der Waals surface area contributed by atoms with Crippen LogP contribution in [0.5, 0.6) is 11.5 Å². The number of carbonyl (C=O) groups is 2. The molecule has 1 aromatic heterocycles. The molecule has 1 aromatic carbocycles. The molecule has 2 heterocycles. The van der Waals surface area contributed by atoms with Crippen LogP contribution in [0.1, 0.15) is 16.1 Å². The summed E-state index contributed by atoms with van der Waals surface area (Å²) in [6.07, 6.45) is -0.311. The van der Waals surface area contributed by atoms with Crippen molar-refractivity contribution in [1.82, 2.24) is 15.3 Å². The largest absolute Gasteiger partial charge is 0.486 e. The number of aromatic amines is 1. The van der Waals surface area contributed by atoms with Gasteiger partial charge in [-0.1, -0.05) is 23.9 Å². The van der Waals surface area contributed by atoms with Gasteiger partial charge in [-0.15, -0.1) is 0 Å². The first kappa shape index (κ1) is 19.7. The Hall–Kier alpha value is -3.01. The highest BCUT2D eigenvalue weighted by Crippen LogP contribution is 2.30. The van der Waals surface area contributed by atoms with Gasteiger partial charge in [0.1, 0.15) is 23.3 Å². The summed E-state index contributed by atoms with van der Waals surface area (Å²) < 4.78 is 16.1. The second-order valence-electron chi connectivity index (χ2n) is 5.93. The van der Waals surface area contributed by atoms with Crippen LogP contribution in [0.15, 0.2) is 34.1 Å². The number of methoxy groups -OCH3 is 1. The van der Waals surface area contributed by atoms with Gasteiger partial charge in [0.2, 0.25) is 5.91 Å². The van der Waals surface area contributed by atoms with Crippen LogP contribution >= 0.6 is 11.8 Å². The fraction of sp³-hybridized carbons (Fsp3) is 0.333. The van der Waals surface area contributed by atoms with E-state index in [2.05, 4.69) is 15.3 Å². The predicted molar refractivity (Wildman–Crippen MR) is 101 cm³/mol. The summed E-state index contributed by atoms with van der Waals surface area (Å²) in [5, 5.41) is 2.90. The number of fused-ring (bicyclic) bond motifs is 1. The zero-order valence-electron chi connectivity index (χ0n) is 15.3. The quantitative estimate of drug-likeness (QED) is 0.414. The molecular formula is C18H19N3O6S. The lowest BCUT2D eigenvalue weighted by atomic mass is 10.2. The number of ether oxygens (including phenoxy) is 3. The van der Waals surface area contributed by atoms with Gasteiger partial charge < -0.3 is 24.5 Å². The average molecular weight is 405 g/mol. The minimum absolute atomic E-state index is 0.0238. The number of thioether (sulfide) groups is 1. The highest BCUT2D eigenvalue weighted by Gasteiger charge is 2.22. The molecule has 2 N–H and O–H groups in total. The summed E-state index contributed by atoms with van der Waals surface area (Å²) in [4.78, 5) is 41.9. The zero-order chi connectivity index (χ0) is 20.1. The van der Waals surface area contributed by atoms with E-state index in [0.717, 1.165) is 11.8 Å². The maximum atomic E-state index is 12.2. The van der Waals surface area contributed by atoms with Crippen molar-refractivity contribution < 1.29 is 23.8 Å². The standard InChI is InChI=1S/C18H19N3O6S/c1-10-15(17(23)25-2)16(21-18(24)20-10)28-9-14(22)19-7-11-8-26-12-5-3-4-6-13(12)27-11/h3-6,11H,7-9H2,1-2H3,(H,19,22)(H,20,21,24). The minimum Gasteiger partial charge on any atom is -0.486 e. The Labute approximate surface area is 164 Å². The highest BCUT2D eigenvalue weighted by molar-refractivity contribution is 8.00. The van der Waals surface area contributed by atoms with E-state index in [1.807, 2.05) is 18.2 Å². The van der Waals surface area contributed by atoms with Crippen molar-refractivity contribution in [1.29, 1.82) is 0 Å². The molecule has 1 amide bonds. The SMILES string of the molecule is COC(=O)c1c(SCC(=O)NCC2COc3ccccc3O2)nc(=O)[nH]c1C. The molecule has 0 spiro atoms. The molecule has 2 aromatic rings. The van der Waals surface area contributed by atoms with E-state index < -0.39 is 11.7 Å². The number of aromatic nitrogens is 2. The number of nitrogens with zero attached hydrogens (tertiary/aromatic N) is 1. The number of aryl methyl sites for hydroxylation is 1. The van der Waals surface area contributed by atoms with Gasteiger partial charge in [0.25, 0.3) is 0 Å². The topological polar surface area (TPSA) is 120 Å². The van der Waals surface area contributed by atoms with Crippen LogP contribution in [0.2, 0.25) is 0 Å². The molecule has 28 heavy (non-hydrogen) atoms. The van der Waals surface area contributed by atoms with E-state index in [0.29, 0.717) is 23.8 Å². The maximum Gasteiger partial charge on any atom is 0.346 e. The van der Waals surface area contributed by atoms with Crippen LogP contribution in [0.25, 0.3) is 0 Å². The summed E-state index contributed by atoms with van der Waals surface area (Å²) >= 11 is 0.986. The van der Waals surface area contributed by atoms with Crippen LogP contribution in [-0.2, 0) is 9.53 Å². The molecule has 9 nitrogen and oxygen atoms in total. The Kier molecular flexibility index (Phi) is 6.19. The number of H-pyrrole nitrogens is 1. The molecule has 1 aliphatic heterocycles. The predicted octanol–water partition coefficient (Wildman–Crippen LogP) is 0.913. The van der Waals surface area contributed by atoms with Crippen molar-refractivity contribution in [2.75, 3.05) is 26.0 Å². The van der Waals surface area contributed by atoms with Crippen molar-refractivity contribution in [3.8, 4) is 11.5 Å². The fourth-order valence-electron chi connectivity index (χ4n) is 2.58. The molecule has 1 atom stereocenters. The zero-order valence-corrected chi connectivity index (χ0v) is 16.1. The maximum absolute atomic E-state index is 12.2. The molecule has 1 unspecified atom stereocenters. The van der Waals surface area contributed by atoms with Crippen molar-refractivity contribution in [3.63, 3.8) is 0 Å². The first-order chi connectivity index (χ1) is 13.5. The van der Waals surface area contributed by atoms with Gasteiger partial charge >= 0.3 is 11.7 Å². The van der Waals surface area contributed by atoms with Crippen LogP contribution in [-0.4, -0.2) is 54.0 Å². The van der Waals surface area contributed by atoms with Gasteiger partial charge in [0.15, 0.2) is 11.5 Å². The lowest BCUT2D eigenvalue weighted by Crippen LogP contribution is -2.41. The number of hydrogen-bond donors (Lipinski definition) is 2. The number of nitrogens with one attached hydrogen (secondary N) is 2. The Morgan fingerprint density at radius 2 is 2.11 bits per heavy atom. The molecule has 0 saturated heterocycles. The lowest BCUT2D eigenvalue weighted by molar-refractivity contribution is -0.119. The molecule has 0 saturated carbocycles. The molecule has 10 heteroatoms. The van der Waals surface area contributed by atoms with Crippen molar-refractivity contribution in [2.24, 2.45) is 0 Å². The van der Waals surface area contributed by atoms with Gasteiger partial charge in [-0.05, 0) is 19.1 Å². The lowest BCUT2D eigenvalue weighted by Gasteiger charge is -2.26. The summed E-state index contributed by atoms with van der Waals surface area (Å²) in [7, 11) is 1.23.